The van der Waals surface area contributed by atoms with E-state index in [1.807, 2.05) is 61.6 Å². The fourth-order valence-corrected chi connectivity index (χ4v) is 7.03. The summed E-state index contributed by atoms with van der Waals surface area (Å²) in [5.74, 6) is 2.57. The molecule has 1 atom stereocenters. The van der Waals surface area contributed by atoms with Crippen molar-refractivity contribution >= 4 is 41.0 Å². The summed E-state index contributed by atoms with van der Waals surface area (Å²) in [7, 11) is 0. The standard InChI is InChI=1S/C25H30N2O2S2/c1-17(2)13-23(28)27-16-20-8-4-3-7-18(20)15-22(27)24(29)26-21-10-5-9-19(14-21)25-30-11-6-12-31-25/h3-5,7-10,14,17,22,25H,6,11-13,15-16H2,1-2H3,(H,26,29). The average Bonchev–Trinajstić information content (AvgIpc) is 2.78. The Morgan fingerprint density at radius 2 is 1.81 bits per heavy atom. The van der Waals surface area contributed by atoms with Crippen molar-refractivity contribution in [3.63, 3.8) is 0 Å². The average molecular weight is 455 g/mol. The Morgan fingerprint density at radius 3 is 2.55 bits per heavy atom. The van der Waals surface area contributed by atoms with Crippen LogP contribution in [-0.4, -0.2) is 34.3 Å². The highest BCUT2D eigenvalue weighted by molar-refractivity contribution is 8.16. The molecule has 0 spiro atoms. The van der Waals surface area contributed by atoms with E-state index in [0.717, 1.165) is 16.8 Å². The first-order valence-corrected chi connectivity index (χ1v) is 13.1. The van der Waals surface area contributed by atoms with Gasteiger partial charge in [0.25, 0.3) is 0 Å². The van der Waals surface area contributed by atoms with E-state index < -0.39 is 6.04 Å². The van der Waals surface area contributed by atoms with Gasteiger partial charge in [-0.25, -0.2) is 0 Å². The third-order valence-electron chi connectivity index (χ3n) is 5.71. The molecule has 2 heterocycles. The molecule has 2 aliphatic rings. The van der Waals surface area contributed by atoms with Gasteiger partial charge in [-0.2, -0.15) is 0 Å². The molecule has 31 heavy (non-hydrogen) atoms. The van der Waals surface area contributed by atoms with Gasteiger partial charge in [0, 0.05) is 25.1 Å². The van der Waals surface area contributed by atoms with Crippen molar-refractivity contribution in [3.05, 3.63) is 65.2 Å². The molecule has 0 bridgehead atoms. The maximum absolute atomic E-state index is 13.4. The van der Waals surface area contributed by atoms with E-state index >= 15 is 0 Å². The Labute approximate surface area is 193 Å². The molecule has 0 radical (unpaired) electrons. The molecule has 6 heteroatoms. The van der Waals surface area contributed by atoms with E-state index in [1.54, 1.807) is 4.90 Å². The number of benzene rings is 2. The van der Waals surface area contributed by atoms with Gasteiger partial charge < -0.3 is 10.2 Å². The summed E-state index contributed by atoms with van der Waals surface area (Å²) in [6.07, 6.45) is 2.27. The zero-order chi connectivity index (χ0) is 21.8. The number of anilines is 1. The SMILES string of the molecule is CC(C)CC(=O)N1Cc2ccccc2CC1C(=O)Nc1cccc(C2SCCCS2)c1. The van der Waals surface area contributed by atoms with Crippen LogP contribution in [0.15, 0.2) is 48.5 Å². The number of carbonyl (C=O) groups excluding carboxylic acids is 2. The number of carbonyl (C=O) groups is 2. The third-order valence-corrected chi connectivity index (χ3v) is 8.72. The Morgan fingerprint density at radius 1 is 1.06 bits per heavy atom. The zero-order valence-corrected chi connectivity index (χ0v) is 19.8. The van der Waals surface area contributed by atoms with Gasteiger partial charge in [-0.3, -0.25) is 9.59 Å². The van der Waals surface area contributed by atoms with Crippen molar-refractivity contribution in [3.8, 4) is 0 Å². The zero-order valence-electron chi connectivity index (χ0n) is 18.2. The van der Waals surface area contributed by atoms with Gasteiger partial charge >= 0.3 is 0 Å². The van der Waals surface area contributed by atoms with Gasteiger partial charge in [-0.15, -0.1) is 23.5 Å². The topological polar surface area (TPSA) is 49.4 Å². The van der Waals surface area contributed by atoms with Crippen molar-refractivity contribution in [1.29, 1.82) is 0 Å². The number of hydrogen-bond donors (Lipinski definition) is 1. The molecule has 0 aromatic heterocycles. The Kier molecular flexibility index (Phi) is 7.28. The maximum atomic E-state index is 13.4. The van der Waals surface area contributed by atoms with Crippen LogP contribution in [0.1, 0.15) is 48.0 Å². The fraction of sp³-hybridized carbons (Fsp3) is 0.440. The highest BCUT2D eigenvalue weighted by Gasteiger charge is 2.34. The van der Waals surface area contributed by atoms with Gasteiger partial charge in [0.15, 0.2) is 0 Å². The molecule has 4 rings (SSSR count). The normalized spacial score (nSPS) is 19.2. The largest absolute Gasteiger partial charge is 0.326 e. The van der Waals surface area contributed by atoms with Crippen LogP contribution >= 0.6 is 23.5 Å². The second-order valence-electron chi connectivity index (χ2n) is 8.65. The lowest BCUT2D eigenvalue weighted by Crippen LogP contribution is -2.50. The highest BCUT2D eigenvalue weighted by Crippen LogP contribution is 2.44. The van der Waals surface area contributed by atoms with Gasteiger partial charge in [0.2, 0.25) is 11.8 Å². The summed E-state index contributed by atoms with van der Waals surface area (Å²) < 4.78 is 0.427. The molecule has 0 saturated carbocycles. The van der Waals surface area contributed by atoms with E-state index in [2.05, 4.69) is 29.6 Å². The molecule has 0 aliphatic carbocycles. The smallest absolute Gasteiger partial charge is 0.247 e. The lowest BCUT2D eigenvalue weighted by molar-refractivity contribution is -0.140. The summed E-state index contributed by atoms with van der Waals surface area (Å²) >= 11 is 3.94. The molecule has 1 fully saturated rings. The Bertz CT molecular complexity index is 941. The predicted octanol–water partition coefficient (Wildman–Crippen LogP) is 5.49. The summed E-state index contributed by atoms with van der Waals surface area (Å²) in [6, 6.07) is 15.8. The van der Waals surface area contributed by atoms with Gasteiger partial charge in [-0.1, -0.05) is 50.2 Å². The molecule has 164 valence electrons. The minimum atomic E-state index is -0.483. The first-order chi connectivity index (χ1) is 15.0. The van der Waals surface area contributed by atoms with E-state index in [4.69, 9.17) is 0 Å². The monoisotopic (exact) mass is 454 g/mol. The van der Waals surface area contributed by atoms with Crippen molar-refractivity contribution in [1.82, 2.24) is 4.90 Å². The quantitative estimate of drug-likeness (QED) is 0.649. The second-order valence-corrected chi connectivity index (χ2v) is 11.4. The van der Waals surface area contributed by atoms with Gasteiger partial charge in [0.1, 0.15) is 6.04 Å². The van der Waals surface area contributed by atoms with Crippen LogP contribution in [0.5, 0.6) is 0 Å². The highest BCUT2D eigenvalue weighted by atomic mass is 32.2. The number of nitrogens with zero attached hydrogens (tertiary/aromatic N) is 1. The molecule has 2 aromatic carbocycles. The Balaban J connectivity index is 1.53. The lowest BCUT2D eigenvalue weighted by atomic mass is 9.92. The second kappa shape index (κ2) is 10.1. The Hall–Kier alpha value is -1.92. The third kappa shape index (κ3) is 5.47. The van der Waals surface area contributed by atoms with Crippen LogP contribution in [0.3, 0.4) is 0 Å². The lowest BCUT2D eigenvalue weighted by Gasteiger charge is -2.36. The number of fused-ring (bicyclic) bond motifs is 1. The molecule has 2 aliphatic heterocycles. The van der Waals surface area contributed by atoms with Crippen molar-refractivity contribution in [2.45, 2.75) is 50.3 Å². The van der Waals surface area contributed by atoms with Crippen molar-refractivity contribution < 1.29 is 9.59 Å². The van der Waals surface area contributed by atoms with Crippen LogP contribution in [0, 0.1) is 5.92 Å². The van der Waals surface area contributed by atoms with Crippen molar-refractivity contribution in [2.75, 3.05) is 16.8 Å². The first-order valence-electron chi connectivity index (χ1n) is 11.0. The number of thioether (sulfide) groups is 2. The number of amides is 2. The van der Waals surface area contributed by atoms with Crippen LogP contribution in [-0.2, 0) is 22.6 Å². The van der Waals surface area contributed by atoms with E-state index in [9.17, 15) is 9.59 Å². The summed E-state index contributed by atoms with van der Waals surface area (Å²) in [4.78, 5) is 28.1. The van der Waals surface area contributed by atoms with Crippen LogP contribution < -0.4 is 5.32 Å². The molecular weight excluding hydrogens is 424 g/mol. The molecular formula is C25H30N2O2S2. The molecule has 4 nitrogen and oxygen atoms in total. The summed E-state index contributed by atoms with van der Waals surface area (Å²) in [6.45, 7) is 4.57. The van der Waals surface area contributed by atoms with Crippen molar-refractivity contribution in [2.24, 2.45) is 5.92 Å². The van der Waals surface area contributed by atoms with E-state index in [1.165, 1.54) is 23.5 Å². The molecule has 1 unspecified atom stereocenters. The molecule has 2 aromatic rings. The van der Waals surface area contributed by atoms with Crippen LogP contribution in [0.4, 0.5) is 5.69 Å². The van der Waals surface area contributed by atoms with E-state index in [0.29, 0.717) is 24.0 Å². The van der Waals surface area contributed by atoms with Gasteiger partial charge in [0.05, 0.1) is 4.58 Å². The first kappa shape index (κ1) is 22.3. The molecule has 2 amide bonds. The number of rotatable bonds is 5. The minimum absolute atomic E-state index is 0.0495. The predicted molar refractivity (Wildman–Crippen MR) is 131 cm³/mol. The van der Waals surface area contributed by atoms with Crippen LogP contribution in [0.2, 0.25) is 0 Å². The maximum Gasteiger partial charge on any atom is 0.247 e. The minimum Gasteiger partial charge on any atom is -0.326 e. The number of nitrogens with one attached hydrogen (secondary N) is 1. The molecule has 1 N–H and O–H groups in total. The fourth-order valence-electron chi connectivity index (χ4n) is 4.15. The van der Waals surface area contributed by atoms with Gasteiger partial charge in [-0.05, 0) is 52.7 Å². The van der Waals surface area contributed by atoms with E-state index in [-0.39, 0.29) is 17.7 Å². The summed E-state index contributed by atoms with van der Waals surface area (Å²) in [5, 5.41) is 3.11. The summed E-state index contributed by atoms with van der Waals surface area (Å²) in [5.41, 5.74) is 4.34. The number of hydrogen-bond acceptors (Lipinski definition) is 4. The molecule has 1 saturated heterocycles. The van der Waals surface area contributed by atoms with Crippen LogP contribution in [0.25, 0.3) is 0 Å².